The van der Waals surface area contributed by atoms with Crippen LogP contribution in [0.3, 0.4) is 0 Å². The van der Waals surface area contributed by atoms with Crippen LogP contribution >= 0.6 is 11.6 Å². The van der Waals surface area contributed by atoms with Gasteiger partial charge in [-0.3, -0.25) is 9.78 Å². The van der Waals surface area contributed by atoms with Gasteiger partial charge in [0.2, 0.25) is 0 Å². The molecule has 0 aliphatic rings. The number of carbonyl (C=O) groups is 1. The Morgan fingerprint density at radius 3 is 2.74 bits per heavy atom. The first-order chi connectivity index (χ1) is 11.1. The molecule has 1 amide bonds. The van der Waals surface area contributed by atoms with Crippen molar-refractivity contribution in [3.05, 3.63) is 64.7 Å². The standard InChI is InChI=1S/C17H18ClFN2O2/c1-23-10-2-9-21(12-13-5-7-20-8-6-13)17(22)15-11-14(18)3-4-16(15)19/h3-8,11H,2,9-10,12H2,1H3. The predicted octanol–water partition coefficient (Wildman–Crippen LogP) is 3.55. The van der Waals surface area contributed by atoms with E-state index in [4.69, 9.17) is 16.3 Å². The van der Waals surface area contributed by atoms with Gasteiger partial charge in [-0.15, -0.1) is 0 Å². The Morgan fingerprint density at radius 1 is 1.30 bits per heavy atom. The topological polar surface area (TPSA) is 42.4 Å². The molecule has 0 atom stereocenters. The molecule has 1 heterocycles. The maximum atomic E-state index is 14.0. The second-order valence-corrected chi connectivity index (χ2v) is 5.49. The van der Waals surface area contributed by atoms with Crippen molar-refractivity contribution in [2.45, 2.75) is 13.0 Å². The van der Waals surface area contributed by atoms with Gasteiger partial charge in [0.15, 0.2) is 0 Å². The van der Waals surface area contributed by atoms with Crippen molar-refractivity contribution in [2.24, 2.45) is 0 Å². The molecule has 2 rings (SSSR count). The summed E-state index contributed by atoms with van der Waals surface area (Å²) in [7, 11) is 1.60. The molecule has 0 radical (unpaired) electrons. The first-order valence-electron chi connectivity index (χ1n) is 7.24. The lowest BCUT2D eigenvalue weighted by molar-refractivity contribution is 0.0719. The minimum Gasteiger partial charge on any atom is -0.385 e. The highest BCUT2D eigenvalue weighted by molar-refractivity contribution is 6.31. The Bertz CT molecular complexity index is 652. The van der Waals surface area contributed by atoms with Crippen molar-refractivity contribution in [1.82, 2.24) is 9.88 Å². The first kappa shape index (κ1) is 17.4. The maximum Gasteiger partial charge on any atom is 0.257 e. The lowest BCUT2D eigenvalue weighted by Gasteiger charge is -2.23. The molecule has 23 heavy (non-hydrogen) atoms. The van der Waals surface area contributed by atoms with Crippen molar-refractivity contribution in [1.29, 1.82) is 0 Å². The Hall–Kier alpha value is -1.98. The van der Waals surface area contributed by atoms with Crippen LogP contribution in [0.2, 0.25) is 5.02 Å². The van der Waals surface area contributed by atoms with Gasteiger partial charge in [0, 0.05) is 44.2 Å². The average Bonchev–Trinajstić information content (AvgIpc) is 2.56. The van der Waals surface area contributed by atoms with Crippen LogP contribution in [0.5, 0.6) is 0 Å². The SMILES string of the molecule is COCCCN(Cc1ccncc1)C(=O)c1cc(Cl)ccc1F. The molecule has 4 nitrogen and oxygen atoms in total. The normalized spacial score (nSPS) is 10.6. The highest BCUT2D eigenvalue weighted by atomic mass is 35.5. The monoisotopic (exact) mass is 336 g/mol. The molecular weight excluding hydrogens is 319 g/mol. The second-order valence-electron chi connectivity index (χ2n) is 5.05. The van der Waals surface area contributed by atoms with Crippen LogP contribution in [0.4, 0.5) is 4.39 Å². The number of pyridine rings is 1. The molecule has 0 aliphatic heterocycles. The Labute approximate surface area is 139 Å². The fourth-order valence-corrected chi connectivity index (χ4v) is 2.36. The van der Waals surface area contributed by atoms with Gasteiger partial charge in [0.05, 0.1) is 5.56 Å². The van der Waals surface area contributed by atoms with Gasteiger partial charge in [0.1, 0.15) is 5.82 Å². The summed E-state index contributed by atoms with van der Waals surface area (Å²) < 4.78 is 19.0. The van der Waals surface area contributed by atoms with Gasteiger partial charge in [-0.2, -0.15) is 0 Å². The van der Waals surface area contributed by atoms with Gasteiger partial charge in [-0.05, 0) is 42.3 Å². The van der Waals surface area contributed by atoms with E-state index >= 15 is 0 Å². The van der Waals surface area contributed by atoms with Crippen LogP contribution in [0.25, 0.3) is 0 Å². The zero-order valence-electron chi connectivity index (χ0n) is 12.8. The Morgan fingerprint density at radius 2 is 2.04 bits per heavy atom. The van der Waals surface area contributed by atoms with Crippen LogP contribution in [-0.4, -0.2) is 36.1 Å². The molecule has 6 heteroatoms. The van der Waals surface area contributed by atoms with E-state index in [1.807, 2.05) is 12.1 Å². The van der Waals surface area contributed by atoms with Crippen LogP contribution in [0.15, 0.2) is 42.7 Å². The van der Waals surface area contributed by atoms with E-state index < -0.39 is 11.7 Å². The number of amides is 1. The molecule has 0 aliphatic carbocycles. The lowest BCUT2D eigenvalue weighted by atomic mass is 10.1. The number of methoxy groups -OCH3 is 1. The second kappa shape index (κ2) is 8.60. The Kier molecular flexibility index (Phi) is 6.50. The lowest BCUT2D eigenvalue weighted by Crippen LogP contribution is -2.32. The van der Waals surface area contributed by atoms with Gasteiger partial charge < -0.3 is 9.64 Å². The molecule has 0 fully saturated rings. The third kappa shape index (κ3) is 5.01. The average molecular weight is 337 g/mol. The number of hydrogen-bond acceptors (Lipinski definition) is 3. The molecule has 2 aromatic rings. The summed E-state index contributed by atoms with van der Waals surface area (Å²) in [5.41, 5.74) is 0.900. The Balaban J connectivity index is 2.21. The van der Waals surface area contributed by atoms with Gasteiger partial charge >= 0.3 is 0 Å². The van der Waals surface area contributed by atoms with Crippen LogP contribution < -0.4 is 0 Å². The number of carbonyl (C=O) groups excluding carboxylic acids is 1. The van der Waals surface area contributed by atoms with Gasteiger partial charge in [-0.25, -0.2) is 4.39 Å². The van der Waals surface area contributed by atoms with Crippen molar-refractivity contribution in [3.8, 4) is 0 Å². The summed E-state index contributed by atoms with van der Waals surface area (Å²) in [5.74, 6) is -0.969. The van der Waals surface area contributed by atoms with Crippen LogP contribution in [0.1, 0.15) is 22.3 Å². The van der Waals surface area contributed by atoms with E-state index in [2.05, 4.69) is 4.98 Å². The summed E-state index contributed by atoms with van der Waals surface area (Å²) >= 11 is 5.89. The molecule has 0 unspecified atom stereocenters. The van der Waals surface area contributed by atoms with E-state index in [0.717, 1.165) is 5.56 Å². The van der Waals surface area contributed by atoms with Crippen molar-refractivity contribution in [3.63, 3.8) is 0 Å². The summed E-state index contributed by atoms with van der Waals surface area (Å²) in [4.78, 5) is 18.2. The van der Waals surface area contributed by atoms with Crippen molar-refractivity contribution >= 4 is 17.5 Å². The summed E-state index contributed by atoms with van der Waals surface area (Å²) in [6.45, 7) is 1.36. The van der Waals surface area contributed by atoms with Gasteiger partial charge in [-0.1, -0.05) is 11.6 Å². The third-order valence-electron chi connectivity index (χ3n) is 3.35. The van der Waals surface area contributed by atoms with E-state index in [-0.39, 0.29) is 5.56 Å². The number of ether oxygens (including phenoxy) is 1. The summed E-state index contributed by atoms with van der Waals surface area (Å²) in [6, 6.07) is 7.63. The molecular formula is C17H18ClFN2O2. The smallest absolute Gasteiger partial charge is 0.257 e. The summed E-state index contributed by atoms with van der Waals surface area (Å²) in [5, 5.41) is 0.329. The van der Waals surface area contributed by atoms with E-state index in [0.29, 0.717) is 31.1 Å². The van der Waals surface area contributed by atoms with E-state index in [1.165, 1.54) is 18.2 Å². The number of benzene rings is 1. The maximum absolute atomic E-state index is 14.0. The summed E-state index contributed by atoms with van der Waals surface area (Å²) in [6.07, 6.45) is 3.98. The number of aromatic nitrogens is 1. The molecule has 0 bridgehead atoms. The highest BCUT2D eigenvalue weighted by Gasteiger charge is 2.19. The zero-order chi connectivity index (χ0) is 16.7. The highest BCUT2D eigenvalue weighted by Crippen LogP contribution is 2.18. The van der Waals surface area contributed by atoms with Crippen LogP contribution in [0, 0.1) is 5.82 Å². The molecule has 0 spiro atoms. The van der Waals surface area contributed by atoms with Crippen LogP contribution in [-0.2, 0) is 11.3 Å². The number of nitrogens with zero attached hydrogens (tertiary/aromatic N) is 2. The van der Waals surface area contributed by atoms with Gasteiger partial charge in [0.25, 0.3) is 5.91 Å². The van der Waals surface area contributed by atoms with Crippen molar-refractivity contribution in [2.75, 3.05) is 20.3 Å². The molecule has 0 saturated heterocycles. The quantitative estimate of drug-likeness (QED) is 0.726. The zero-order valence-corrected chi connectivity index (χ0v) is 13.6. The van der Waals surface area contributed by atoms with Crippen molar-refractivity contribution < 1.29 is 13.9 Å². The first-order valence-corrected chi connectivity index (χ1v) is 7.62. The molecule has 1 aromatic carbocycles. The predicted molar refractivity (Wildman–Crippen MR) is 86.9 cm³/mol. The fourth-order valence-electron chi connectivity index (χ4n) is 2.19. The molecule has 122 valence electrons. The minimum atomic E-state index is -0.578. The molecule has 1 aromatic heterocycles. The fraction of sp³-hybridized carbons (Fsp3) is 0.294. The molecule has 0 saturated carbocycles. The number of rotatable bonds is 7. The van der Waals surface area contributed by atoms with E-state index in [9.17, 15) is 9.18 Å². The largest absolute Gasteiger partial charge is 0.385 e. The number of halogens is 2. The third-order valence-corrected chi connectivity index (χ3v) is 3.58. The molecule has 0 N–H and O–H groups in total. The van der Waals surface area contributed by atoms with E-state index in [1.54, 1.807) is 24.4 Å². The minimum absolute atomic E-state index is 0.0241. The number of hydrogen-bond donors (Lipinski definition) is 0.